The summed E-state index contributed by atoms with van der Waals surface area (Å²) in [6.07, 6.45) is 5.51. The lowest BCUT2D eigenvalue weighted by Crippen LogP contribution is -2.40. The summed E-state index contributed by atoms with van der Waals surface area (Å²) < 4.78 is 10.4. The van der Waals surface area contributed by atoms with Gasteiger partial charge >= 0.3 is 11.9 Å². The van der Waals surface area contributed by atoms with Gasteiger partial charge in [0, 0.05) is 19.0 Å². The SMILES string of the molecule is CCCC(=O)OC1=C(O)C2C(OC(=O)CCC)C=CN2C=C1O. The summed E-state index contributed by atoms with van der Waals surface area (Å²) in [5.41, 5.74) is 0. The molecule has 0 fully saturated rings. The van der Waals surface area contributed by atoms with Gasteiger partial charge in [-0.3, -0.25) is 9.59 Å². The number of hydrogen-bond donors (Lipinski definition) is 2. The van der Waals surface area contributed by atoms with Gasteiger partial charge in [0.25, 0.3) is 0 Å². The topological polar surface area (TPSA) is 96.3 Å². The summed E-state index contributed by atoms with van der Waals surface area (Å²) in [7, 11) is 0. The minimum Gasteiger partial charge on any atom is -0.506 e. The van der Waals surface area contributed by atoms with Gasteiger partial charge in [0.15, 0.2) is 11.5 Å². The smallest absolute Gasteiger partial charge is 0.311 e. The number of esters is 2. The van der Waals surface area contributed by atoms with Gasteiger partial charge in [0.1, 0.15) is 12.1 Å². The first kappa shape index (κ1) is 16.9. The quantitative estimate of drug-likeness (QED) is 0.725. The lowest BCUT2D eigenvalue weighted by Gasteiger charge is -2.30. The number of carbonyl (C=O) groups is 2. The van der Waals surface area contributed by atoms with Gasteiger partial charge in [-0.05, 0) is 18.9 Å². The van der Waals surface area contributed by atoms with Gasteiger partial charge in [0.2, 0.25) is 5.76 Å². The zero-order valence-corrected chi connectivity index (χ0v) is 13.2. The molecule has 2 heterocycles. The lowest BCUT2D eigenvalue weighted by atomic mass is 10.1. The molecule has 2 unspecified atom stereocenters. The molecular formula is C16H21NO6. The van der Waals surface area contributed by atoms with Gasteiger partial charge in [-0.15, -0.1) is 0 Å². The minimum atomic E-state index is -0.740. The molecule has 2 N–H and O–H groups in total. The predicted octanol–water partition coefficient (Wildman–Crippen LogP) is 2.42. The normalized spacial score (nSPS) is 22.7. The van der Waals surface area contributed by atoms with Crippen molar-refractivity contribution >= 4 is 11.9 Å². The van der Waals surface area contributed by atoms with Gasteiger partial charge in [-0.2, -0.15) is 0 Å². The largest absolute Gasteiger partial charge is 0.506 e. The van der Waals surface area contributed by atoms with Crippen LogP contribution in [0.4, 0.5) is 0 Å². The Labute approximate surface area is 134 Å². The molecule has 23 heavy (non-hydrogen) atoms. The van der Waals surface area contributed by atoms with Crippen LogP contribution in [0.1, 0.15) is 39.5 Å². The zero-order chi connectivity index (χ0) is 17.0. The van der Waals surface area contributed by atoms with Crippen molar-refractivity contribution in [1.29, 1.82) is 0 Å². The maximum absolute atomic E-state index is 11.7. The van der Waals surface area contributed by atoms with Crippen molar-refractivity contribution in [3.05, 3.63) is 35.8 Å². The Morgan fingerprint density at radius 3 is 2.48 bits per heavy atom. The highest BCUT2D eigenvalue weighted by Crippen LogP contribution is 2.33. The van der Waals surface area contributed by atoms with E-state index in [1.165, 1.54) is 11.1 Å². The number of rotatable bonds is 6. The van der Waals surface area contributed by atoms with Crippen LogP contribution in [-0.2, 0) is 19.1 Å². The van der Waals surface area contributed by atoms with E-state index in [1.807, 2.05) is 13.8 Å². The molecule has 7 nitrogen and oxygen atoms in total. The number of fused-ring (bicyclic) bond motifs is 1. The minimum absolute atomic E-state index is 0.172. The third-order valence-corrected chi connectivity index (χ3v) is 3.49. The van der Waals surface area contributed by atoms with E-state index in [0.717, 1.165) is 0 Å². The highest BCUT2D eigenvalue weighted by Gasteiger charge is 2.41. The van der Waals surface area contributed by atoms with E-state index in [0.29, 0.717) is 12.8 Å². The van der Waals surface area contributed by atoms with E-state index in [2.05, 4.69) is 0 Å². The van der Waals surface area contributed by atoms with Crippen LogP contribution in [0.25, 0.3) is 0 Å². The molecule has 2 aliphatic rings. The van der Waals surface area contributed by atoms with Crippen LogP contribution in [0.5, 0.6) is 0 Å². The van der Waals surface area contributed by atoms with Crippen LogP contribution in [0.15, 0.2) is 35.8 Å². The Kier molecular flexibility index (Phi) is 5.31. The second-order valence-corrected chi connectivity index (χ2v) is 5.39. The molecule has 2 aliphatic heterocycles. The van der Waals surface area contributed by atoms with Crippen molar-refractivity contribution in [2.45, 2.75) is 51.7 Å². The second-order valence-electron chi connectivity index (χ2n) is 5.39. The van der Waals surface area contributed by atoms with Gasteiger partial charge < -0.3 is 24.6 Å². The van der Waals surface area contributed by atoms with E-state index in [4.69, 9.17) is 9.47 Å². The van der Waals surface area contributed by atoms with E-state index in [-0.39, 0.29) is 36.1 Å². The Balaban J connectivity index is 2.17. The maximum Gasteiger partial charge on any atom is 0.311 e. The third kappa shape index (κ3) is 3.67. The molecule has 7 heteroatoms. The third-order valence-electron chi connectivity index (χ3n) is 3.49. The summed E-state index contributed by atoms with van der Waals surface area (Å²) in [6.45, 7) is 3.68. The maximum atomic E-state index is 11.7. The molecule has 2 atom stereocenters. The summed E-state index contributed by atoms with van der Waals surface area (Å²) in [4.78, 5) is 24.8. The number of aliphatic hydroxyl groups excluding tert-OH is 2. The average molecular weight is 323 g/mol. The number of aliphatic hydroxyl groups is 2. The number of carbonyl (C=O) groups excluding carboxylic acids is 2. The molecule has 0 aliphatic carbocycles. The Bertz CT molecular complexity index is 577. The Morgan fingerprint density at radius 1 is 1.17 bits per heavy atom. The van der Waals surface area contributed by atoms with Gasteiger partial charge in [-0.1, -0.05) is 13.8 Å². The molecule has 0 bridgehead atoms. The number of hydrogen-bond acceptors (Lipinski definition) is 7. The van der Waals surface area contributed by atoms with E-state index in [1.54, 1.807) is 12.3 Å². The monoisotopic (exact) mass is 323 g/mol. The molecule has 0 amide bonds. The highest BCUT2D eigenvalue weighted by atomic mass is 16.6. The standard InChI is InChI=1S/C16H21NO6/c1-3-5-12(19)22-11-7-8-17-9-10(18)16(15(21)14(11)17)23-13(20)6-4-2/h7-9,11,14,18,21H,3-6H2,1-2H3. The second kappa shape index (κ2) is 7.21. The van der Waals surface area contributed by atoms with Crippen LogP contribution in [0.3, 0.4) is 0 Å². The molecule has 0 aromatic heterocycles. The fourth-order valence-electron chi connectivity index (χ4n) is 2.43. The summed E-state index contributed by atoms with van der Waals surface area (Å²) in [6, 6.07) is -0.740. The first-order valence-electron chi connectivity index (χ1n) is 7.68. The fraction of sp³-hybridized carbons (Fsp3) is 0.500. The van der Waals surface area contributed by atoms with Gasteiger partial charge in [-0.25, -0.2) is 0 Å². The highest BCUT2D eigenvalue weighted by molar-refractivity contribution is 5.71. The first-order chi connectivity index (χ1) is 11.0. The van der Waals surface area contributed by atoms with Gasteiger partial charge in [0.05, 0.1) is 6.20 Å². The molecule has 0 aromatic rings. The zero-order valence-electron chi connectivity index (χ0n) is 13.2. The summed E-state index contributed by atoms with van der Waals surface area (Å²) in [5.74, 6) is -1.90. The van der Waals surface area contributed by atoms with Crippen LogP contribution in [0.2, 0.25) is 0 Å². The van der Waals surface area contributed by atoms with E-state index < -0.39 is 18.1 Å². The van der Waals surface area contributed by atoms with Crippen LogP contribution in [-0.4, -0.2) is 39.2 Å². The van der Waals surface area contributed by atoms with Crippen molar-refractivity contribution < 1.29 is 29.3 Å². The van der Waals surface area contributed by atoms with Crippen LogP contribution < -0.4 is 0 Å². The van der Waals surface area contributed by atoms with Crippen molar-refractivity contribution in [3.63, 3.8) is 0 Å². The Hall–Kier alpha value is -2.44. The molecule has 0 radical (unpaired) electrons. The molecule has 0 saturated heterocycles. The van der Waals surface area contributed by atoms with Crippen molar-refractivity contribution in [2.24, 2.45) is 0 Å². The van der Waals surface area contributed by atoms with Crippen molar-refractivity contribution in [2.75, 3.05) is 0 Å². The molecule has 0 aromatic carbocycles. The number of ether oxygens (including phenoxy) is 2. The fourth-order valence-corrected chi connectivity index (χ4v) is 2.43. The van der Waals surface area contributed by atoms with Crippen LogP contribution in [0, 0.1) is 0 Å². The first-order valence-corrected chi connectivity index (χ1v) is 7.68. The molecule has 0 spiro atoms. The summed E-state index contributed by atoms with van der Waals surface area (Å²) >= 11 is 0. The molecule has 126 valence electrons. The van der Waals surface area contributed by atoms with Crippen LogP contribution >= 0.6 is 0 Å². The Morgan fingerprint density at radius 2 is 1.83 bits per heavy atom. The average Bonchev–Trinajstić information content (AvgIpc) is 2.86. The van der Waals surface area contributed by atoms with Crippen molar-refractivity contribution in [3.8, 4) is 0 Å². The van der Waals surface area contributed by atoms with Crippen molar-refractivity contribution in [1.82, 2.24) is 4.90 Å². The molecular weight excluding hydrogens is 302 g/mol. The summed E-state index contributed by atoms with van der Waals surface area (Å²) in [5, 5.41) is 20.3. The lowest BCUT2D eigenvalue weighted by molar-refractivity contribution is -0.148. The van der Waals surface area contributed by atoms with E-state index >= 15 is 0 Å². The molecule has 2 rings (SSSR count). The number of nitrogens with zero attached hydrogens (tertiary/aromatic N) is 1. The van der Waals surface area contributed by atoms with E-state index in [9.17, 15) is 19.8 Å². The predicted molar refractivity (Wildman–Crippen MR) is 80.9 cm³/mol. The molecule has 0 saturated carbocycles.